The summed E-state index contributed by atoms with van der Waals surface area (Å²) in [6.07, 6.45) is 6.13. The topological polar surface area (TPSA) is 75.9 Å². The van der Waals surface area contributed by atoms with E-state index in [1.54, 1.807) is 18.2 Å². The van der Waals surface area contributed by atoms with Crippen LogP contribution in [0.15, 0.2) is 30.6 Å². The number of hydrogen-bond acceptors (Lipinski definition) is 5. The van der Waals surface area contributed by atoms with Crippen LogP contribution in [0.2, 0.25) is 0 Å². The quantitative estimate of drug-likeness (QED) is 0.804. The van der Waals surface area contributed by atoms with Gasteiger partial charge in [0.1, 0.15) is 17.8 Å². The molecule has 0 saturated heterocycles. The van der Waals surface area contributed by atoms with Crippen molar-refractivity contribution in [2.75, 3.05) is 16.4 Å². The molecule has 110 valence electrons. The van der Waals surface area contributed by atoms with Gasteiger partial charge in [-0.05, 0) is 25.0 Å². The van der Waals surface area contributed by atoms with Crippen LogP contribution in [0.3, 0.4) is 0 Å². The lowest BCUT2D eigenvalue weighted by Gasteiger charge is -2.16. The molecule has 3 rings (SSSR count). The molecular formula is C15H18FN5. The first-order valence-electron chi connectivity index (χ1n) is 7.12. The number of rotatable bonds is 4. The zero-order valence-electron chi connectivity index (χ0n) is 11.6. The Balaban J connectivity index is 1.81. The molecule has 0 aliphatic heterocycles. The second kappa shape index (κ2) is 5.95. The molecule has 1 aliphatic carbocycles. The van der Waals surface area contributed by atoms with Crippen molar-refractivity contribution in [3.05, 3.63) is 36.4 Å². The Morgan fingerprint density at radius 2 is 1.81 bits per heavy atom. The van der Waals surface area contributed by atoms with Crippen molar-refractivity contribution in [1.29, 1.82) is 0 Å². The Labute approximate surface area is 122 Å². The summed E-state index contributed by atoms with van der Waals surface area (Å²) in [4.78, 5) is 8.28. The van der Waals surface area contributed by atoms with E-state index in [0.29, 0.717) is 29.1 Å². The van der Waals surface area contributed by atoms with Gasteiger partial charge in [0, 0.05) is 6.04 Å². The normalized spacial score (nSPS) is 15.1. The van der Waals surface area contributed by atoms with Gasteiger partial charge in [-0.3, -0.25) is 0 Å². The Morgan fingerprint density at radius 1 is 1.10 bits per heavy atom. The zero-order chi connectivity index (χ0) is 14.7. The van der Waals surface area contributed by atoms with Crippen LogP contribution in [-0.2, 0) is 0 Å². The standard InChI is InChI=1S/C15H18FN5/c16-11-7-3-4-8-12(11)21-15-13(17)14(18-9-19-15)20-10-5-1-2-6-10/h3-4,7-10H,1-2,5-6,17H2,(H2,18,19,20,21). The lowest BCUT2D eigenvalue weighted by atomic mass is 10.2. The van der Waals surface area contributed by atoms with E-state index in [9.17, 15) is 4.39 Å². The summed E-state index contributed by atoms with van der Waals surface area (Å²) in [6, 6.07) is 6.82. The van der Waals surface area contributed by atoms with Crippen LogP contribution in [0.1, 0.15) is 25.7 Å². The van der Waals surface area contributed by atoms with Gasteiger partial charge in [-0.25, -0.2) is 14.4 Å². The summed E-state index contributed by atoms with van der Waals surface area (Å²) in [5.74, 6) is 0.673. The predicted molar refractivity (Wildman–Crippen MR) is 82.0 cm³/mol. The van der Waals surface area contributed by atoms with Gasteiger partial charge < -0.3 is 16.4 Å². The highest BCUT2D eigenvalue weighted by atomic mass is 19.1. The maximum Gasteiger partial charge on any atom is 0.159 e. The van der Waals surface area contributed by atoms with Crippen LogP contribution in [0.4, 0.5) is 27.4 Å². The predicted octanol–water partition coefficient (Wildman–Crippen LogP) is 3.30. The number of nitrogens with one attached hydrogen (secondary N) is 2. The largest absolute Gasteiger partial charge is 0.393 e. The van der Waals surface area contributed by atoms with Crippen molar-refractivity contribution >= 4 is 23.0 Å². The van der Waals surface area contributed by atoms with Gasteiger partial charge in [0.15, 0.2) is 11.6 Å². The first-order chi connectivity index (χ1) is 10.2. The summed E-state index contributed by atoms with van der Waals surface area (Å²) in [7, 11) is 0. The van der Waals surface area contributed by atoms with Crippen molar-refractivity contribution in [3.63, 3.8) is 0 Å². The molecule has 0 unspecified atom stereocenters. The number of nitrogen functional groups attached to an aromatic ring is 1. The summed E-state index contributed by atoms with van der Waals surface area (Å²) in [6.45, 7) is 0. The minimum absolute atomic E-state index is 0.342. The number of nitrogens with zero attached hydrogens (tertiary/aromatic N) is 2. The molecule has 1 aromatic heterocycles. The Bertz CT molecular complexity index is 625. The number of halogens is 1. The summed E-state index contributed by atoms with van der Waals surface area (Å²) in [5, 5.41) is 6.25. The van der Waals surface area contributed by atoms with E-state index in [1.165, 1.54) is 25.2 Å². The minimum atomic E-state index is -0.346. The molecule has 0 bridgehead atoms. The lowest BCUT2D eigenvalue weighted by Crippen LogP contribution is -2.17. The Hall–Kier alpha value is -2.37. The molecule has 21 heavy (non-hydrogen) atoms. The van der Waals surface area contributed by atoms with Crippen molar-refractivity contribution < 1.29 is 4.39 Å². The molecule has 1 aromatic carbocycles. The Morgan fingerprint density at radius 3 is 2.57 bits per heavy atom. The summed E-state index contributed by atoms with van der Waals surface area (Å²) >= 11 is 0. The number of para-hydroxylation sites is 1. The van der Waals surface area contributed by atoms with E-state index >= 15 is 0 Å². The highest BCUT2D eigenvalue weighted by molar-refractivity contribution is 5.77. The first-order valence-corrected chi connectivity index (χ1v) is 7.12. The number of hydrogen-bond donors (Lipinski definition) is 3. The summed E-state index contributed by atoms with van der Waals surface area (Å²) in [5.41, 5.74) is 6.84. The van der Waals surface area contributed by atoms with E-state index < -0.39 is 0 Å². The SMILES string of the molecule is Nc1c(Nc2ccccc2F)ncnc1NC1CCCC1. The molecule has 1 aliphatic rings. The fourth-order valence-corrected chi connectivity index (χ4v) is 2.56. The molecule has 1 saturated carbocycles. The minimum Gasteiger partial charge on any atom is -0.393 e. The van der Waals surface area contributed by atoms with Crippen LogP contribution in [0, 0.1) is 5.82 Å². The molecule has 0 spiro atoms. The van der Waals surface area contributed by atoms with Crippen LogP contribution >= 0.6 is 0 Å². The monoisotopic (exact) mass is 287 g/mol. The molecule has 1 heterocycles. The maximum atomic E-state index is 13.7. The van der Waals surface area contributed by atoms with Crippen LogP contribution < -0.4 is 16.4 Å². The number of benzene rings is 1. The molecule has 1 fully saturated rings. The summed E-state index contributed by atoms with van der Waals surface area (Å²) < 4.78 is 13.7. The third-order valence-corrected chi connectivity index (χ3v) is 3.71. The van der Waals surface area contributed by atoms with Gasteiger partial charge in [0.25, 0.3) is 0 Å². The fraction of sp³-hybridized carbons (Fsp3) is 0.333. The third kappa shape index (κ3) is 3.04. The van der Waals surface area contributed by atoms with Gasteiger partial charge in [-0.2, -0.15) is 0 Å². The zero-order valence-corrected chi connectivity index (χ0v) is 11.6. The molecule has 2 aromatic rings. The number of nitrogens with two attached hydrogens (primary N) is 1. The third-order valence-electron chi connectivity index (χ3n) is 3.71. The highest BCUT2D eigenvalue weighted by Crippen LogP contribution is 2.29. The van der Waals surface area contributed by atoms with E-state index in [-0.39, 0.29) is 5.82 Å². The van der Waals surface area contributed by atoms with Crippen LogP contribution in [-0.4, -0.2) is 16.0 Å². The smallest absolute Gasteiger partial charge is 0.159 e. The maximum absolute atomic E-state index is 13.7. The lowest BCUT2D eigenvalue weighted by molar-refractivity contribution is 0.632. The van der Waals surface area contributed by atoms with Crippen molar-refractivity contribution in [2.24, 2.45) is 0 Å². The molecule has 0 atom stereocenters. The Kier molecular flexibility index (Phi) is 3.85. The number of aromatic nitrogens is 2. The van der Waals surface area contributed by atoms with Crippen molar-refractivity contribution in [3.8, 4) is 0 Å². The second-order valence-electron chi connectivity index (χ2n) is 5.22. The van der Waals surface area contributed by atoms with E-state index in [4.69, 9.17) is 5.73 Å². The fourth-order valence-electron chi connectivity index (χ4n) is 2.56. The van der Waals surface area contributed by atoms with E-state index in [0.717, 1.165) is 12.8 Å². The first kappa shape index (κ1) is 13.6. The number of anilines is 4. The molecular weight excluding hydrogens is 269 g/mol. The average molecular weight is 287 g/mol. The average Bonchev–Trinajstić information content (AvgIpc) is 2.98. The van der Waals surface area contributed by atoms with Gasteiger partial charge in [0.2, 0.25) is 0 Å². The van der Waals surface area contributed by atoms with Crippen molar-refractivity contribution in [1.82, 2.24) is 9.97 Å². The van der Waals surface area contributed by atoms with Gasteiger partial charge >= 0.3 is 0 Å². The van der Waals surface area contributed by atoms with Gasteiger partial charge in [0.05, 0.1) is 5.69 Å². The molecule has 6 heteroatoms. The van der Waals surface area contributed by atoms with Crippen molar-refractivity contribution in [2.45, 2.75) is 31.7 Å². The molecule has 0 radical (unpaired) electrons. The highest BCUT2D eigenvalue weighted by Gasteiger charge is 2.17. The van der Waals surface area contributed by atoms with Gasteiger partial charge in [-0.15, -0.1) is 0 Å². The molecule has 0 amide bonds. The van der Waals surface area contributed by atoms with E-state index in [1.807, 2.05) is 0 Å². The van der Waals surface area contributed by atoms with Gasteiger partial charge in [-0.1, -0.05) is 25.0 Å². The van der Waals surface area contributed by atoms with Crippen LogP contribution in [0.25, 0.3) is 0 Å². The van der Waals surface area contributed by atoms with Crippen LogP contribution in [0.5, 0.6) is 0 Å². The second-order valence-corrected chi connectivity index (χ2v) is 5.22. The van der Waals surface area contributed by atoms with E-state index in [2.05, 4.69) is 20.6 Å². The molecule has 5 nitrogen and oxygen atoms in total. The molecule has 4 N–H and O–H groups in total.